The Morgan fingerprint density at radius 2 is 1.67 bits per heavy atom. The Balaban J connectivity index is 1.46. The zero-order chi connectivity index (χ0) is 14.8. The van der Waals surface area contributed by atoms with E-state index >= 15 is 0 Å². The van der Waals surface area contributed by atoms with Crippen LogP contribution in [0.3, 0.4) is 0 Å². The average molecular weight is 294 g/mol. The van der Waals surface area contributed by atoms with Crippen molar-refractivity contribution in [2.24, 2.45) is 10.7 Å². The molecule has 0 unspecified atom stereocenters. The molecule has 4 heteroatoms. The van der Waals surface area contributed by atoms with Crippen molar-refractivity contribution in [3.63, 3.8) is 0 Å². The molecule has 2 rings (SSSR count). The Bertz CT molecular complexity index is 291. The highest BCUT2D eigenvalue weighted by Gasteiger charge is 2.13. The zero-order valence-electron chi connectivity index (χ0n) is 13.7. The van der Waals surface area contributed by atoms with Crippen molar-refractivity contribution in [3.8, 4) is 0 Å². The summed E-state index contributed by atoms with van der Waals surface area (Å²) in [4.78, 5) is 7.09. The summed E-state index contributed by atoms with van der Waals surface area (Å²) in [6, 6.07) is 0.571. The van der Waals surface area contributed by atoms with Gasteiger partial charge in [-0.05, 0) is 58.2 Å². The fourth-order valence-electron chi connectivity index (χ4n) is 3.51. The van der Waals surface area contributed by atoms with Crippen LogP contribution >= 0.6 is 0 Å². The molecule has 0 spiro atoms. The Labute approximate surface area is 130 Å². The van der Waals surface area contributed by atoms with Crippen LogP contribution in [0.1, 0.15) is 70.6 Å². The summed E-state index contributed by atoms with van der Waals surface area (Å²) in [5.74, 6) is 0.665. The fourth-order valence-corrected chi connectivity index (χ4v) is 3.51. The molecule has 1 heterocycles. The van der Waals surface area contributed by atoms with Crippen molar-refractivity contribution >= 4 is 5.96 Å². The van der Waals surface area contributed by atoms with Crippen LogP contribution in [0.2, 0.25) is 0 Å². The van der Waals surface area contributed by atoms with Crippen LogP contribution < -0.4 is 11.1 Å². The minimum Gasteiger partial charge on any atom is -0.370 e. The third-order valence-corrected chi connectivity index (χ3v) is 4.82. The second-order valence-corrected chi connectivity index (χ2v) is 6.71. The van der Waals surface area contributed by atoms with Gasteiger partial charge in [-0.1, -0.05) is 32.1 Å². The number of unbranched alkanes of at least 4 members (excludes halogenated alkanes) is 2. The lowest BCUT2D eigenvalue weighted by Gasteiger charge is -2.26. The molecule has 21 heavy (non-hydrogen) atoms. The van der Waals surface area contributed by atoms with Gasteiger partial charge in [0.15, 0.2) is 5.96 Å². The lowest BCUT2D eigenvalue weighted by Crippen LogP contribution is -2.41. The highest BCUT2D eigenvalue weighted by atomic mass is 15.1. The van der Waals surface area contributed by atoms with Gasteiger partial charge in [-0.15, -0.1) is 0 Å². The van der Waals surface area contributed by atoms with E-state index in [0.717, 1.165) is 6.54 Å². The highest BCUT2D eigenvalue weighted by molar-refractivity contribution is 5.78. The summed E-state index contributed by atoms with van der Waals surface area (Å²) < 4.78 is 0. The largest absolute Gasteiger partial charge is 0.370 e. The van der Waals surface area contributed by atoms with Crippen LogP contribution in [0, 0.1) is 0 Å². The number of guanidine groups is 1. The lowest BCUT2D eigenvalue weighted by atomic mass is 9.96. The smallest absolute Gasteiger partial charge is 0.188 e. The molecular formula is C17H34N4. The van der Waals surface area contributed by atoms with Gasteiger partial charge in [0.1, 0.15) is 0 Å². The molecule has 0 atom stereocenters. The average Bonchev–Trinajstić information content (AvgIpc) is 2.53. The molecule has 0 aromatic rings. The molecule has 1 saturated carbocycles. The van der Waals surface area contributed by atoms with Gasteiger partial charge in [0.2, 0.25) is 0 Å². The molecule has 2 aliphatic rings. The number of aliphatic imine (C=N–C) groups is 1. The number of nitrogens with two attached hydrogens (primary N) is 1. The van der Waals surface area contributed by atoms with Gasteiger partial charge >= 0.3 is 0 Å². The molecule has 1 aliphatic carbocycles. The van der Waals surface area contributed by atoms with E-state index in [1.165, 1.54) is 90.3 Å². The number of hydrogen-bond donors (Lipinski definition) is 2. The zero-order valence-corrected chi connectivity index (χ0v) is 13.7. The van der Waals surface area contributed by atoms with Crippen LogP contribution in [-0.4, -0.2) is 43.1 Å². The van der Waals surface area contributed by atoms with Crippen molar-refractivity contribution in [2.75, 3.05) is 26.2 Å². The Hall–Kier alpha value is -0.770. The number of piperidine rings is 1. The lowest BCUT2D eigenvalue weighted by molar-refractivity contribution is 0.224. The van der Waals surface area contributed by atoms with Crippen molar-refractivity contribution < 1.29 is 0 Å². The second-order valence-electron chi connectivity index (χ2n) is 6.71. The molecule has 4 nitrogen and oxygen atoms in total. The predicted molar refractivity (Wildman–Crippen MR) is 90.6 cm³/mol. The predicted octanol–water partition coefficient (Wildman–Crippen LogP) is 2.88. The van der Waals surface area contributed by atoms with Crippen molar-refractivity contribution in [1.29, 1.82) is 0 Å². The minimum atomic E-state index is 0.571. The first kappa shape index (κ1) is 16.6. The molecule has 1 saturated heterocycles. The van der Waals surface area contributed by atoms with Crippen LogP contribution in [-0.2, 0) is 0 Å². The van der Waals surface area contributed by atoms with E-state index in [2.05, 4.69) is 15.2 Å². The van der Waals surface area contributed by atoms with Gasteiger partial charge in [0, 0.05) is 12.6 Å². The second kappa shape index (κ2) is 10.0. The monoisotopic (exact) mass is 294 g/mol. The first-order valence-corrected chi connectivity index (χ1v) is 9.13. The Morgan fingerprint density at radius 3 is 2.43 bits per heavy atom. The summed E-state index contributed by atoms with van der Waals surface area (Å²) >= 11 is 0. The van der Waals surface area contributed by atoms with Crippen molar-refractivity contribution in [2.45, 2.75) is 76.7 Å². The van der Waals surface area contributed by atoms with Crippen LogP contribution in [0.4, 0.5) is 0 Å². The number of rotatable bonds is 7. The third kappa shape index (κ3) is 7.16. The highest BCUT2D eigenvalue weighted by Crippen LogP contribution is 2.17. The van der Waals surface area contributed by atoms with Gasteiger partial charge in [-0.3, -0.25) is 4.99 Å². The number of hydrogen-bond acceptors (Lipinski definition) is 2. The van der Waals surface area contributed by atoms with E-state index in [4.69, 9.17) is 5.73 Å². The van der Waals surface area contributed by atoms with E-state index in [-0.39, 0.29) is 0 Å². The summed E-state index contributed by atoms with van der Waals surface area (Å²) in [6.07, 6.45) is 14.5. The van der Waals surface area contributed by atoms with Crippen LogP contribution in [0.15, 0.2) is 4.99 Å². The van der Waals surface area contributed by atoms with Crippen LogP contribution in [0.25, 0.3) is 0 Å². The summed E-state index contributed by atoms with van der Waals surface area (Å²) in [7, 11) is 0. The molecule has 2 fully saturated rings. The van der Waals surface area contributed by atoms with Gasteiger partial charge in [-0.25, -0.2) is 0 Å². The first-order valence-electron chi connectivity index (χ1n) is 9.13. The van der Waals surface area contributed by atoms with E-state index in [1.54, 1.807) is 0 Å². The summed E-state index contributed by atoms with van der Waals surface area (Å²) in [6.45, 7) is 4.79. The molecule has 0 bridgehead atoms. The molecule has 1 aliphatic heterocycles. The number of likely N-dealkylation sites (tertiary alicyclic amines) is 1. The van der Waals surface area contributed by atoms with E-state index in [9.17, 15) is 0 Å². The standard InChI is InChI=1S/C17H34N4/c18-17(20-16-10-4-1-5-11-16)19-12-6-2-7-13-21-14-8-3-9-15-21/h16H,1-15H2,(H3,18,19,20). The Morgan fingerprint density at radius 1 is 0.952 bits per heavy atom. The topological polar surface area (TPSA) is 53.6 Å². The molecule has 0 aromatic heterocycles. The maximum atomic E-state index is 5.97. The summed E-state index contributed by atoms with van der Waals surface area (Å²) in [5, 5.41) is 3.38. The Kier molecular flexibility index (Phi) is 7.94. The molecule has 0 radical (unpaired) electrons. The van der Waals surface area contributed by atoms with Crippen LogP contribution in [0.5, 0.6) is 0 Å². The minimum absolute atomic E-state index is 0.571. The van der Waals surface area contributed by atoms with E-state index in [0.29, 0.717) is 12.0 Å². The molecule has 3 N–H and O–H groups in total. The summed E-state index contributed by atoms with van der Waals surface area (Å²) in [5.41, 5.74) is 5.97. The number of nitrogens with zero attached hydrogens (tertiary/aromatic N) is 2. The normalized spacial score (nSPS) is 22.4. The third-order valence-electron chi connectivity index (χ3n) is 4.82. The molecule has 0 aromatic carbocycles. The maximum absolute atomic E-state index is 5.97. The molecule has 122 valence electrons. The van der Waals surface area contributed by atoms with Gasteiger partial charge in [-0.2, -0.15) is 0 Å². The van der Waals surface area contributed by atoms with Gasteiger partial charge in [0.25, 0.3) is 0 Å². The molecule has 0 amide bonds. The first-order chi connectivity index (χ1) is 10.3. The van der Waals surface area contributed by atoms with Gasteiger partial charge < -0.3 is 16.0 Å². The van der Waals surface area contributed by atoms with E-state index in [1.807, 2.05) is 0 Å². The molecular weight excluding hydrogens is 260 g/mol. The SMILES string of the molecule is NC(=NCCCCCN1CCCCC1)NC1CCCCC1. The van der Waals surface area contributed by atoms with Gasteiger partial charge in [0.05, 0.1) is 0 Å². The van der Waals surface area contributed by atoms with Crippen molar-refractivity contribution in [1.82, 2.24) is 10.2 Å². The quantitative estimate of drug-likeness (QED) is 0.431. The van der Waals surface area contributed by atoms with E-state index < -0.39 is 0 Å². The number of nitrogens with one attached hydrogen (secondary N) is 1. The maximum Gasteiger partial charge on any atom is 0.188 e. The fraction of sp³-hybridized carbons (Fsp3) is 0.941. The van der Waals surface area contributed by atoms with Crippen molar-refractivity contribution in [3.05, 3.63) is 0 Å².